The van der Waals surface area contributed by atoms with Gasteiger partial charge in [-0.3, -0.25) is 14.5 Å². The van der Waals surface area contributed by atoms with E-state index in [2.05, 4.69) is 15.5 Å². The highest BCUT2D eigenvalue weighted by Crippen LogP contribution is 2.20. The number of hydrogen-bond acceptors (Lipinski definition) is 4. The lowest BCUT2D eigenvalue weighted by Gasteiger charge is -2.10. The van der Waals surface area contributed by atoms with Crippen LogP contribution in [0.3, 0.4) is 0 Å². The molecule has 4 aromatic rings. The van der Waals surface area contributed by atoms with E-state index in [0.717, 1.165) is 22.0 Å². The van der Waals surface area contributed by atoms with Crippen molar-refractivity contribution in [2.75, 3.05) is 6.61 Å². The van der Waals surface area contributed by atoms with E-state index in [1.165, 1.54) is 0 Å². The number of aromatic nitrogens is 3. The van der Waals surface area contributed by atoms with Crippen LogP contribution in [0.15, 0.2) is 66.7 Å². The molecule has 0 radical (unpaired) electrons. The quantitative estimate of drug-likeness (QED) is 0.475. The van der Waals surface area contributed by atoms with E-state index in [1.807, 2.05) is 73.7 Å². The number of carbonyl (C=O) groups is 1. The molecule has 0 aliphatic heterocycles. The number of aromatic amines is 1. The summed E-state index contributed by atoms with van der Waals surface area (Å²) in [6.07, 6.45) is 0. The van der Waals surface area contributed by atoms with Crippen LogP contribution in [0.2, 0.25) is 0 Å². The molecule has 0 fully saturated rings. The number of amides is 1. The average molecular weight is 404 g/mol. The minimum Gasteiger partial charge on any atom is -0.484 e. The lowest BCUT2D eigenvalue weighted by Crippen LogP contribution is -2.29. The molecule has 1 aromatic heterocycles. The van der Waals surface area contributed by atoms with Crippen LogP contribution in [0.1, 0.15) is 11.4 Å². The predicted molar refractivity (Wildman–Crippen MR) is 115 cm³/mol. The second-order valence-corrected chi connectivity index (χ2v) is 7.08. The first-order chi connectivity index (χ1) is 14.1. The topological polar surface area (TPSA) is 71.9 Å². The molecule has 0 unspecified atom stereocenters. The summed E-state index contributed by atoms with van der Waals surface area (Å²) in [5.74, 6) is 1.04. The van der Waals surface area contributed by atoms with Crippen molar-refractivity contribution in [2.45, 2.75) is 13.5 Å². The zero-order valence-electron chi connectivity index (χ0n) is 15.9. The summed E-state index contributed by atoms with van der Waals surface area (Å²) >= 11 is 5.33. The fraction of sp³-hybridized carbons (Fsp3) is 0.136. The average Bonchev–Trinajstić information content (AvgIpc) is 3.11. The van der Waals surface area contributed by atoms with Crippen LogP contribution in [-0.2, 0) is 11.3 Å². The molecule has 4 rings (SSSR count). The van der Waals surface area contributed by atoms with Gasteiger partial charge in [0.2, 0.25) is 0 Å². The van der Waals surface area contributed by atoms with Gasteiger partial charge in [-0.1, -0.05) is 48.0 Å². The van der Waals surface area contributed by atoms with Crippen molar-refractivity contribution < 1.29 is 9.53 Å². The summed E-state index contributed by atoms with van der Waals surface area (Å²) in [7, 11) is 0. The van der Waals surface area contributed by atoms with Gasteiger partial charge in [-0.25, -0.2) is 0 Å². The molecule has 3 aromatic carbocycles. The molecule has 146 valence electrons. The van der Waals surface area contributed by atoms with E-state index in [4.69, 9.17) is 17.0 Å². The molecule has 0 aliphatic carbocycles. The molecule has 29 heavy (non-hydrogen) atoms. The molecule has 6 nitrogen and oxygen atoms in total. The predicted octanol–water partition coefficient (Wildman–Crippen LogP) is 4.09. The van der Waals surface area contributed by atoms with E-state index in [0.29, 0.717) is 16.3 Å². The van der Waals surface area contributed by atoms with Crippen molar-refractivity contribution in [2.24, 2.45) is 0 Å². The van der Waals surface area contributed by atoms with Crippen LogP contribution in [0, 0.1) is 11.7 Å². The highest BCUT2D eigenvalue weighted by Gasteiger charge is 2.10. The van der Waals surface area contributed by atoms with Gasteiger partial charge in [-0.15, -0.1) is 0 Å². The first-order valence-corrected chi connectivity index (χ1v) is 9.62. The van der Waals surface area contributed by atoms with Crippen LogP contribution in [0.25, 0.3) is 16.5 Å². The summed E-state index contributed by atoms with van der Waals surface area (Å²) < 4.78 is 7.91. The Kier molecular flexibility index (Phi) is 5.39. The van der Waals surface area contributed by atoms with Gasteiger partial charge in [-0.2, -0.15) is 5.10 Å². The van der Waals surface area contributed by atoms with Crippen molar-refractivity contribution in [1.29, 1.82) is 0 Å². The second kappa shape index (κ2) is 8.28. The van der Waals surface area contributed by atoms with E-state index < -0.39 is 0 Å². The van der Waals surface area contributed by atoms with E-state index in [-0.39, 0.29) is 19.1 Å². The Bertz CT molecular complexity index is 1210. The van der Waals surface area contributed by atoms with Crippen LogP contribution in [0.4, 0.5) is 0 Å². The highest BCUT2D eigenvalue weighted by molar-refractivity contribution is 7.71. The van der Waals surface area contributed by atoms with E-state index >= 15 is 0 Å². The van der Waals surface area contributed by atoms with Gasteiger partial charge in [0.1, 0.15) is 5.75 Å². The Balaban J connectivity index is 1.38. The van der Waals surface area contributed by atoms with Gasteiger partial charge in [-0.05, 0) is 54.2 Å². The Hall–Kier alpha value is -3.45. The van der Waals surface area contributed by atoms with Crippen molar-refractivity contribution in [1.82, 2.24) is 20.1 Å². The minimum atomic E-state index is -0.234. The Labute approximate surface area is 173 Å². The van der Waals surface area contributed by atoms with Crippen molar-refractivity contribution >= 4 is 28.9 Å². The number of nitrogens with zero attached hydrogens (tertiary/aromatic N) is 2. The smallest absolute Gasteiger partial charge is 0.258 e. The van der Waals surface area contributed by atoms with E-state index in [9.17, 15) is 4.79 Å². The Morgan fingerprint density at radius 1 is 1.10 bits per heavy atom. The maximum absolute atomic E-state index is 12.2. The number of carbonyl (C=O) groups excluding carboxylic acids is 1. The normalized spacial score (nSPS) is 10.8. The zero-order chi connectivity index (χ0) is 20.2. The van der Waals surface area contributed by atoms with Crippen molar-refractivity contribution in [3.8, 4) is 11.4 Å². The maximum Gasteiger partial charge on any atom is 0.258 e. The third kappa shape index (κ3) is 4.35. The van der Waals surface area contributed by atoms with E-state index in [1.54, 1.807) is 4.57 Å². The molecular weight excluding hydrogens is 384 g/mol. The molecule has 0 bridgehead atoms. The molecular formula is C22H20N4O2S. The zero-order valence-corrected chi connectivity index (χ0v) is 16.7. The maximum atomic E-state index is 12.2. The summed E-state index contributed by atoms with van der Waals surface area (Å²) in [5, 5.41) is 12.0. The van der Waals surface area contributed by atoms with Gasteiger partial charge in [0.15, 0.2) is 17.2 Å². The van der Waals surface area contributed by atoms with Gasteiger partial charge in [0.25, 0.3) is 5.91 Å². The monoisotopic (exact) mass is 404 g/mol. The van der Waals surface area contributed by atoms with Gasteiger partial charge in [0, 0.05) is 5.69 Å². The molecule has 0 spiro atoms. The number of fused-ring (bicyclic) bond motifs is 1. The second-order valence-electron chi connectivity index (χ2n) is 6.69. The van der Waals surface area contributed by atoms with Crippen LogP contribution < -0.4 is 10.1 Å². The SMILES string of the molecule is Cc1ccc(-n2c(CNC(=O)COc3ccc4ccccc4c3)n[nH]c2=S)cc1. The Morgan fingerprint density at radius 2 is 1.86 bits per heavy atom. The molecule has 0 atom stereocenters. The van der Waals surface area contributed by atoms with Crippen LogP contribution in [-0.4, -0.2) is 27.3 Å². The molecule has 1 amide bonds. The molecule has 2 N–H and O–H groups in total. The van der Waals surface area contributed by atoms with Crippen LogP contribution in [0.5, 0.6) is 5.75 Å². The number of nitrogens with one attached hydrogen (secondary N) is 2. The minimum absolute atomic E-state index is 0.0754. The number of aryl methyl sites for hydroxylation is 1. The standard InChI is InChI=1S/C22H20N4O2S/c1-15-6-9-18(10-7-15)26-20(24-25-22(26)29)13-23-21(27)14-28-19-11-8-16-4-2-3-5-17(16)12-19/h2-12H,13-14H2,1H3,(H,23,27)(H,25,29). The molecule has 1 heterocycles. The Morgan fingerprint density at radius 3 is 2.66 bits per heavy atom. The number of rotatable bonds is 6. The third-order valence-electron chi connectivity index (χ3n) is 4.57. The van der Waals surface area contributed by atoms with Gasteiger partial charge < -0.3 is 10.1 Å². The number of hydrogen-bond donors (Lipinski definition) is 2. The summed E-state index contributed by atoms with van der Waals surface area (Å²) in [4.78, 5) is 12.2. The van der Waals surface area contributed by atoms with Crippen LogP contribution >= 0.6 is 12.2 Å². The first-order valence-electron chi connectivity index (χ1n) is 9.22. The summed E-state index contributed by atoms with van der Waals surface area (Å²) in [6, 6.07) is 21.7. The van der Waals surface area contributed by atoms with Gasteiger partial charge in [0.05, 0.1) is 6.54 Å². The fourth-order valence-electron chi connectivity index (χ4n) is 3.04. The molecule has 0 saturated heterocycles. The molecule has 0 saturated carbocycles. The van der Waals surface area contributed by atoms with Gasteiger partial charge >= 0.3 is 0 Å². The first kappa shape index (κ1) is 18.9. The molecule has 7 heteroatoms. The third-order valence-corrected chi connectivity index (χ3v) is 4.84. The molecule has 0 aliphatic rings. The lowest BCUT2D eigenvalue weighted by molar-refractivity contribution is -0.123. The largest absolute Gasteiger partial charge is 0.484 e. The summed E-state index contributed by atoms with van der Waals surface area (Å²) in [6.45, 7) is 2.18. The number of H-pyrrole nitrogens is 1. The number of ether oxygens (including phenoxy) is 1. The highest BCUT2D eigenvalue weighted by atomic mass is 32.1. The summed E-state index contributed by atoms with van der Waals surface area (Å²) in [5.41, 5.74) is 2.05. The fourth-order valence-corrected chi connectivity index (χ4v) is 3.30. The van der Waals surface area contributed by atoms with Crippen molar-refractivity contribution in [3.63, 3.8) is 0 Å². The lowest BCUT2D eigenvalue weighted by atomic mass is 10.1. The number of benzene rings is 3. The van der Waals surface area contributed by atoms with Crippen molar-refractivity contribution in [3.05, 3.63) is 82.9 Å².